The van der Waals surface area contributed by atoms with E-state index in [9.17, 15) is 0 Å². The van der Waals surface area contributed by atoms with E-state index in [4.69, 9.17) is 4.74 Å². The summed E-state index contributed by atoms with van der Waals surface area (Å²) < 4.78 is 7.90. The predicted molar refractivity (Wildman–Crippen MR) is 80.6 cm³/mol. The van der Waals surface area contributed by atoms with E-state index in [-0.39, 0.29) is 5.54 Å². The van der Waals surface area contributed by atoms with Crippen LogP contribution in [0.15, 0.2) is 36.8 Å². The molecular formula is C16H23N3O. The van der Waals surface area contributed by atoms with Crippen LogP contribution in [0.25, 0.3) is 0 Å². The lowest BCUT2D eigenvalue weighted by molar-refractivity contribution is 0.291. The van der Waals surface area contributed by atoms with Gasteiger partial charge >= 0.3 is 0 Å². The van der Waals surface area contributed by atoms with E-state index >= 15 is 0 Å². The van der Waals surface area contributed by atoms with Gasteiger partial charge in [-0.05, 0) is 26.8 Å². The van der Waals surface area contributed by atoms with E-state index in [0.717, 1.165) is 18.0 Å². The number of nitrogens with one attached hydrogen (secondary N) is 1. The van der Waals surface area contributed by atoms with E-state index in [0.29, 0.717) is 6.61 Å². The Morgan fingerprint density at radius 3 is 2.65 bits per heavy atom. The van der Waals surface area contributed by atoms with Gasteiger partial charge in [-0.15, -0.1) is 0 Å². The largest absolute Gasteiger partial charge is 0.487 e. The van der Waals surface area contributed by atoms with E-state index in [1.807, 2.05) is 36.0 Å². The van der Waals surface area contributed by atoms with Crippen LogP contribution in [0.4, 0.5) is 0 Å². The van der Waals surface area contributed by atoms with Crippen molar-refractivity contribution in [2.75, 3.05) is 0 Å². The topological polar surface area (TPSA) is 39.1 Å². The van der Waals surface area contributed by atoms with Crippen LogP contribution in [0.1, 0.15) is 32.0 Å². The molecule has 0 bridgehead atoms. The number of nitrogens with zero attached hydrogens (tertiary/aromatic N) is 2. The van der Waals surface area contributed by atoms with Crippen molar-refractivity contribution in [3.05, 3.63) is 48.0 Å². The molecular weight excluding hydrogens is 250 g/mol. The fourth-order valence-corrected chi connectivity index (χ4v) is 1.83. The highest BCUT2D eigenvalue weighted by Crippen LogP contribution is 2.20. The number of imidazole rings is 1. The van der Waals surface area contributed by atoms with Crippen molar-refractivity contribution >= 4 is 0 Å². The van der Waals surface area contributed by atoms with Crippen molar-refractivity contribution in [1.82, 2.24) is 14.9 Å². The molecule has 0 aliphatic rings. The first-order valence-electron chi connectivity index (χ1n) is 6.86. The van der Waals surface area contributed by atoms with Crippen molar-refractivity contribution in [2.45, 2.75) is 39.5 Å². The summed E-state index contributed by atoms with van der Waals surface area (Å²) in [6.07, 6.45) is 3.61. The molecule has 4 heteroatoms. The molecule has 0 saturated heterocycles. The summed E-state index contributed by atoms with van der Waals surface area (Å²) in [4.78, 5) is 4.10. The second-order valence-electron chi connectivity index (χ2n) is 6.00. The molecule has 1 heterocycles. The molecule has 0 saturated carbocycles. The molecule has 0 radical (unpaired) electrons. The summed E-state index contributed by atoms with van der Waals surface area (Å²) in [6, 6.07) is 8.14. The van der Waals surface area contributed by atoms with Crippen LogP contribution in [-0.4, -0.2) is 15.1 Å². The van der Waals surface area contributed by atoms with Crippen molar-refractivity contribution in [2.24, 2.45) is 7.05 Å². The fraction of sp³-hybridized carbons (Fsp3) is 0.438. The number of hydrogen-bond acceptors (Lipinski definition) is 3. The Labute approximate surface area is 120 Å². The van der Waals surface area contributed by atoms with Gasteiger partial charge in [0.25, 0.3) is 0 Å². The molecule has 4 nitrogen and oxygen atoms in total. The smallest absolute Gasteiger partial charge is 0.130 e. The molecule has 2 aromatic rings. The third-order valence-electron chi connectivity index (χ3n) is 3.07. The lowest BCUT2D eigenvalue weighted by Crippen LogP contribution is -2.35. The molecule has 2 rings (SSSR count). The van der Waals surface area contributed by atoms with Gasteiger partial charge in [-0.1, -0.05) is 18.2 Å². The van der Waals surface area contributed by atoms with Gasteiger partial charge in [-0.3, -0.25) is 0 Å². The van der Waals surface area contributed by atoms with Gasteiger partial charge in [0.1, 0.15) is 12.4 Å². The van der Waals surface area contributed by atoms with E-state index in [2.05, 4.69) is 37.1 Å². The number of ether oxygens (including phenoxy) is 1. The first kappa shape index (κ1) is 14.6. The summed E-state index contributed by atoms with van der Waals surface area (Å²) in [6.45, 7) is 7.80. The summed E-state index contributed by atoms with van der Waals surface area (Å²) in [5.41, 5.74) is 2.32. The maximum atomic E-state index is 5.93. The quantitative estimate of drug-likeness (QED) is 0.910. The van der Waals surface area contributed by atoms with Crippen molar-refractivity contribution in [3.8, 4) is 5.75 Å². The highest BCUT2D eigenvalue weighted by Gasteiger charge is 2.11. The number of para-hydroxylation sites is 1. The summed E-state index contributed by atoms with van der Waals surface area (Å²) in [7, 11) is 1.97. The lowest BCUT2D eigenvalue weighted by Gasteiger charge is -2.21. The number of hydrogen-bond donors (Lipinski definition) is 1. The molecule has 1 aromatic carbocycles. The maximum absolute atomic E-state index is 5.93. The Balaban J connectivity index is 2.02. The van der Waals surface area contributed by atoms with Crippen LogP contribution in [0, 0.1) is 0 Å². The van der Waals surface area contributed by atoms with Gasteiger partial charge in [0.15, 0.2) is 0 Å². The first-order chi connectivity index (χ1) is 9.46. The fourth-order valence-electron chi connectivity index (χ4n) is 1.83. The highest BCUT2D eigenvalue weighted by molar-refractivity contribution is 5.33. The molecule has 108 valence electrons. The zero-order chi connectivity index (χ0) is 14.6. The molecule has 1 N–H and O–H groups in total. The second kappa shape index (κ2) is 6.09. The maximum Gasteiger partial charge on any atom is 0.130 e. The molecule has 0 fully saturated rings. The Kier molecular flexibility index (Phi) is 4.45. The van der Waals surface area contributed by atoms with Crippen molar-refractivity contribution < 1.29 is 4.74 Å². The number of aryl methyl sites for hydroxylation is 1. The van der Waals surface area contributed by atoms with Gasteiger partial charge in [0.05, 0.1) is 18.2 Å². The Bertz CT molecular complexity index is 555. The molecule has 0 spiro atoms. The number of rotatable bonds is 5. The average molecular weight is 273 g/mol. The van der Waals surface area contributed by atoms with Crippen LogP contribution < -0.4 is 10.1 Å². The molecule has 1 aromatic heterocycles. The minimum Gasteiger partial charge on any atom is -0.487 e. The lowest BCUT2D eigenvalue weighted by atomic mass is 10.1. The van der Waals surface area contributed by atoms with Gasteiger partial charge < -0.3 is 14.6 Å². The number of benzene rings is 1. The van der Waals surface area contributed by atoms with Crippen LogP contribution in [0.2, 0.25) is 0 Å². The number of aromatic nitrogens is 2. The predicted octanol–water partition coefficient (Wildman–Crippen LogP) is 2.89. The average Bonchev–Trinajstić information content (AvgIpc) is 2.79. The third-order valence-corrected chi connectivity index (χ3v) is 3.07. The summed E-state index contributed by atoms with van der Waals surface area (Å²) in [5, 5.41) is 3.49. The zero-order valence-electron chi connectivity index (χ0n) is 12.7. The Morgan fingerprint density at radius 1 is 1.25 bits per heavy atom. The van der Waals surface area contributed by atoms with Crippen LogP contribution in [0.3, 0.4) is 0 Å². The van der Waals surface area contributed by atoms with Crippen LogP contribution in [0.5, 0.6) is 5.75 Å². The third kappa shape index (κ3) is 4.10. The molecule has 20 heavy (non-hydrogen) atoms. The van der Waals surface area contributed by atoms with Gasteiger partial charge in [0, 0.05) is 24.7 Å². The minimum atomic E-state index is 0.0924. The zero-order valence-corrected chi connectivity index (χ0v) is 12.7. The first-order valence-corrected chi connectivity index (χ1v) is 6.86. The molecule has 0 unspecified atom stereocenters. The van der Waals surface area contributed by atoms with Crippen LogP contribution >= 0.6 is 0 Å². The Morgan fingerprint density at radius 2 is 2.00 bits per heavy atom. The molecule has 0 amide bonds. The molecule has 0 aliphatic carbocycles. The molecule has 0 atom stereocenters. The van der Waals surface area contributed by atoms with Crippen molar-refractivity contribution in [1.29, 1.82) is 0 Å². The normalized spacial score (nSPS) is 11.6. The SMILES string of the molecule is Cn1cncc1COc1ccccc1CNC(C)(C)C. The van der Waals surface area contributed by atoms with E-state index < -0.39 is 0 Å². The van der Waals surface area contributed by atoms with Gasteiger partial charge in [-0.25, -0.2) is 4.98 Å². The summed E-state index contributed by atoms with van der Waals surface area (Å²) in [5.74, 6) is 0.922. The van der Waals surface area contributed by atoms with E-state index in [1.165, 1.54) is 5.56 Å². The summed E-state index contributed by atoms with van der Waals surface area (Å²) >= 11 is 0. The van der Waals surface area contributed by atoms with E-state index in [1.54, 1.807) is 6.33 Å². The van der Waals surface area contributed by atoms with Gasteiger partial charge in [0.2, 0.25) is 0 Å². The standard InChI is InChI=1S/C16H23N3O/c1-16(2,3)18-9-13-7-5-6-8-15(13)20-11-14-10-17-12-19(14)4/h5-8,10,12,18H,9,11H2,1-4H3. The monoisotopic (exact) mass is 273 g/mol. The van der Waals surface area contributed by atoms with Crippen LogP contribution in [-0.2, 0) is 20.2 Å². The van der Waals surface area contributed by atoms with Crippen molar-refractivity contribution in [3.63, 3.8) is 0 Å². The highest BCUT2D eigenvalue weighted by atomic mass is 16.5. The second-order valence-corrected chi connectivity index (χ2v) is 6.00. The van der Waals surface area contributed by atoms with Gasteiger partial charge in [-0.2, -0.15) is 0 Å². The minimum absolute atomic E-state index is 0.0924. The molecule has 0 aliphatic heterocycles. The Hall–Kier alpha value is -1.81.